The molecule has 0 bridgehead atoms. The number of carbonyl (C=O) groups is 1. The lowest BCUT2D eigenvalue weighted by molar-refractivity contribution is -0.138. The van der Waals surface area contributed by atoms with Crippen LogP contribution in [0, 0.1) is 5.82 Å². The number of urea groups is 1. The van der Waals surface area contributed by atoms with Gasteiger partial charge in [0.1, 0.15) is 5.82 Å². The quantitative estimate of drug-likeness (QED) is 0.694. The maximum absolute atomic E-state index is 13.3. The number of rotatable bonds is 2. The molecule has 1 fully saturated rings. The molecule has 0 radical (unpaired) electrons. The molecule has 1 aliphatic rings. The Morgan fingerprint density at radius 2 is 1.88 bits per heavy atom. The van der Waals surface area contributed by atoms with Crippen molar-refractivity contribution in [2.75, 3.05) is 25.0 Å². The second-order valence-electron chi connectivity index (χ2n) is 6.34. The van der Waals surface area contributed by atoms with Crippen LogP contribution in [0.2, 0.25) is 0 Å². The van der Waals surface area contributed by atoms with Gasteiger partial charge in [-0.2, -0.15) is 13.2 Å². The third-order valence-corrected chi connectivity index (χ3v) is 4.65. The van der Waals surface area contributed by atoms with Crippen LogP contribution in [0.15, 0.2) is 48.5 Å². The summed E-state index contributed by atoms with van der Waals surface area (Å²) in [5.74, 6) is -0.835. The summed E-state index contributed by atoms with van der Waals surface area (Å²) in [6, 6.07) is 10.7. The van der Waals surface area contributed by atoms with Gasteiger partial charge in [0.25, 0.3) is 0 Å². The molecule has 1 saturated heterocycles. The van der Waals surface area contributed by atoms with E-state index in [1.54, 1.807) is 12.1 Å². The van der Waals surface area contributed by atoms with Gasteiger partial charge in [0, 0.05) is 31.7 Å². The lowest BCUT2D eigenvalue weighted by Gasteiger charge is -2.25. The van der Waals surface area contributed by atoms with Crippen LogP contribution in [0.4, 0.5) is 28.0 Å². The fourth-order valence-corrected chi connectivity index (χ4v) is 3.31. The van der Waals surface area contributed by atoms with Gasteiger partial charge >= 0.3 is 12.2 Å². The van der Waals surface area contributed by atoms with Crippen LogP contribution < -0.4 is 4.90 Å². The molecule has 2 aromatic rings. The Hall–Kier alpha value is -2.57. The maximum Gasteiger partial charge on any atom is 0.416 e. The number of carbonyl (C=O) groups excluding carboxylic acids is 1. The van der Waals surface area contributed by atoms with Crippen molar-refractivity contribution in [1.82, 2.24) is 4.90 Å². The summed E-state index contributed by atoms with van der Waals surface area (Å²) < 4.78 is 53.0. The lowest BCUT2D eigenvalue weighted by Crippen LogP contribution is -2.39. The molecule has 0 aliphatic carbocycles. The second-order valence-corrected chi connectivity index (χ2v) is 6.34. The Labute approximate surface area is 148 Å². The number of anilines is 1. The monoisotopic (exact) mass is 366 g/mol. The normalized spacial score (nSPS) is 17.4. The van der Waals surface area contributed by atoms with Gasteiger partial charge in [0.15, 0.2) is 0 Å². The molecule has 3 rings (SSSR count). The van der Waals surface area contributed by atoms with Crippen LogP contribution >= 0.6 is 0 Å². The van der Waals surface area contributed by atoms with Gasteiger partial charge in [-0.05, 0) is 36.2 Å². The number of alkyl halides is 3. The first kappa shape index (κ1) is 18.2. The van der Waals surface area contributed by atoms with E-state index in [0.29, 0.717) is 18.7 Å². The van der Waals surface area contributed by atoms with E-state index in [9.17, 15) is 22.4 Å². The van der Waals surface area contributed by atoms with Crippen LogP contribution in [0.5, 0.6) is 0 Å². The highest BCUT2D eigenvalue weighted by atomic mass is 19.4. The smallest absolute Gasteiger partial charge is 0.324 e. The fraction of sp³-hybridized carbons (Fsp3) is 0.316. The SMILES string of the molecule is CN(C(=O)N1CCC(c2ccccc2C(F)(F)F)C1)c1cccc(F)c1. The molecule has 1 atom stereocenters. The molecule has 138 valence electrons. The number of nitrogens with zero attached hydrogens (tertiary/aromatic N) is 2. The van der Waals surface area contributed by atoms with Gasteiger partial charge in [0.05, 0.1) is 5.56 Å². The van der Waals surface area contributed by atoms with Gasteiger partial charge in [0.2, 0.25) is 0 Å². The van der Waals surface area contributed by atoms with E-state index >= 15 is 0 Å². The Kier molecular flexibility index (Phi) is 4.89. The second kappa shape index (κ2) is 6.97. The van der Waals surface area contributed by atoms with E-state index < -0.39 is 17.6 Å². The van der Waals surface area contributed by atoms with Crippen molar-refractivity contribution in [3.05, 3.63) is 65.5 Å². The van der Waals surface area contributed by atoms with E-state index in [1.165, 1.54) is 47.2 Å². The summed E-state index contributed by atoms with van der Waals surface area (Å²) in [4.78, 5) is 15.4. The van der Waals surface area contributed by atoms with Crippen LogP contribution in [0.1, 0.15) is 23.5 Å². The third kappa shape index (κ3) is 3.66. The summed E-state index contributed by atoms with van der Waals surface area (Å²) in [6.07, 6.45) is -3.97. The first-order valence-corrected chi connectivity index (χ1v) is 8.21. The summed E-state index contributed by atoms with van der Waals surface area (Å²) in [6.45, 7) is 0.556. The minimum absolute atomic E-state index is 0.200. The van der Waals surface area contributed by atoms with Crippen LogP contribution in [0.3, 0.4) is 0 Å². The largest absolute Gasteiger partial charge is 0.416 e. The van der Waals surface area contributed by atoms with Gasteiger partial charge in [-0.1, -0.05) is 24.3 Å². The van der Waals surface area contributed by atoms with E-state index in [0.717, 1.165) is 6.07 Å². The predicted octanol–water partition coefficient (Wildman–Crippen LogP) is 4.89. The van der Waals surface area contributed by atoms with E-state index in [-0.39, 0.29) is 24.1 Å². The molecule has 0 saturated carbocycles. The highest BCUT2D eigenvalue weighted by Gasteiger charge is 2.37. The van der Waals surface area contributed by atoms with Gasteiger partial charge in [-0.15, -0.1) is 0 Å². The average molecular weight is 366 g/mol. The topological polar surface area (TPSA) is 23.6 Å². The molecular weight excluding hydrogens is 348 g/mol. The first-order valence-electron chi connectivity index (χ1n) is 8.21. The number of hydrogen-bond acceptors (Lipinski definition) is 1. The first-order chi connectivity index (χ1) is 12.3. The molecule has 2 aromatic carbocycles. The van der Waals surface area contributed by atoms with E-state index in [1.807, 2.05) is 0 Å². The molecule has 0 aromatic heterocycles. The summed E-state index contributed by atoms with van der Waals surface area (Å²) in [7, 11) is 1.52. The van der Waals surface area contributed by atoms with Crippen molar-refractivity contribution < 1.29 is 22.4 Å². The summed E-state index contributed by atoms with van der Waals surface area (Å²) in [5.41, 5.74) is -0.0457. The molecular formula is C19H18F4N2O. The Morgan fingerprint density at radius 1 is 1.15 bits per heavy atom. The van der Waals surface area contributed by atoms with Crippen molar-refractivity contribution in [3.63, 3.8) is 0 Å². The van der Waals surface area contributed by atoms with Gasteiger partial charge in [-0.25, -0.2) is 9.18 Å². The molecule has 7 heteroatoms. The minimum Gasteiger partial charge on any atom is -0.324 e. The highest BCUT2D eigenvalue weighted by Crippen LogP contribution is 2.38. The molecule has 0 spiro atoms. The van der Waals surface area contributed by atoms with Crippen molar-refractivity contribution in [1.29, 1.82) is 0 Å². The number of halogens is 4. The maximum atomic E-state index is 13.3. The summed E-state index contributed by atoms with van der Waals surface area (Å²) >= 11 is 0. The van der Waals surface area contributed by atoms with Gasteiger partial charge < -0.3 is 4.90 Å². The van der Waals surface area contributed by atoms with Crippen molar-refractivity contribution >= 4 is 11.7 Å². The van der Waals surface area contributed by atoms with Crippen LogP contribution in [0.25, 0.3) is 0 Å². The molecule has 1 heterocycles. The number of likely N-dealkylation sites (tertiary alicyclic amines) is 1. The predicted molar refractivity (Wildman–Crippen MR) is 90.6 cm³/mol. The van der Waals surface area contributed by atoms with Crippen LogP contribution in [-0.4, -0.2) is 31.1 Å². The Bertz CT molecular complexity index is 806. The number of benzene rings is 2. The standard InChI is InChI=1S/C19H18F4N2O/c1-24(15-6-4-5-14(20)11-15)18(26)25-10-9-13(12-25)16-7-2-3-8-17(16)19(21,22)23/h2-8,11,13H,9-10,12H2,1H3. The molecule has 2 amide bonds. The molecule has 26 heavy (non-hydrogen) atoms. The van der Waals surface area contributed by atoms with Crippen molar-refractivity contribution in [2.45, 2.75) is 18.5 Å². The Morgan fingerprint density at radius 3 is 2.58 bits per heavy atom. The van der Waals surface area contributed by atoms with Gasteiger partial charge in [-0.3, -0.25) is 4.90 Å². The Balaban J connectivity index is 1.76. The molecule has 1 unspecified atom stereocenters. The van der Waals surface area contributed by atoms with Crippen molar-refractivity contribution in [2.24, 2.45) is 0 Å². The average Bonchev–Trinajstić information content (AvgIpc) is 3.09. The van der Waals surface area contributed by atoms with E-state index in [4.69, 9.17) is 0 Å². The zero-order valence-electron chi connectivity index (χ0n) is 14.1. The number of hydrogen-bond donors (Lipinski definition) is 0. The minimum atomic E-state index is -4.42. The van der Waals surface area contributed by atoms with Crippen LogP contribution in [-0.2, 0) is 6.18 Å². The zero-order valence-corrected chi connectivity index (χ0v) is 14.1. The molecule has 3 nitrogen and oxygen atoms in total. The summed E-state index contributed by atoms with van der Waals surface area (Å²) in [5, 5.41) is 0. The highest BCUT2D eigenvalue weighted by molar-refractivity contribution is 5.91. The zero-order chi connectivity index (χ0) is 18.9. The third-order valence-electron chi connectivity index (χ3n) is 4.65. The van der Waals surface area contributed by atoms with E-state index in [2.05, 4.69) is 0 Å². The van der Waals surface area contributed by atoms with Crippen molar-refractivity contribution in [3.8, 4) is 0 Å². The molecule has 1 aliphatic heterocycles. The fourth-order valence-electron chi connectivity index (χ4n) is 3.31. The number of amides is 2. The lowest BCUT2D eigenvalue weighted by atomic mass is 9.93. The molecule has 0 N–H and O–H groups in total.